The molecule has 46 heavy (non-hydrogen) atoms. The largest absolute Gasteiger partial charge is 0.472 e. The van der Waals surface area contributed by atoms with Crippen LogP contribution in [0.25, 0.3) is 0 Å². The fraction of sp³-hybridized carbons (Fsp3) is 0.486. The van der Waals surface area contributed by atoms with Crippen molar-refractivity contribution >= 4 is 13.8 Å². The summed E-state index contributed by atoms with van der Waals surface area (Å²) in [5.74, 6) is -0.617. The predicted molar refractivity (Wildman–Crippen MR) is 182 cm³/mol. The van der Waals surface area contributed by atoms with Crippen LogP contribution in [0.1, 0.15) is 69.1 Å². The second-order valence-electron chi connectivity index (χ2n) is 12.7. The van der Waals surface area contributed by atoms with Gasteiger partial charge in [-0.3, -0.25) is 13.8 Å². The van der Waals surface area contributed by atoms with Gasteiger partial charge in [0.1, 0.15) is 24.9 Å². The Morgan fingerprint density at radius 3 is 1.63 bits per heavy atom. The fourth-order valence-electron chi connectivity index (χ4n) is 5.29. The average Bonchev–Trinajstić information content (AvgIpc) is 3.04. The first-order chi connectivity index (χ1) is 22.0. The lowest BCUT2D eigenvalue weighted by Crippen LogP contribution is -2.39. The molecule has 0 aliphatic carbocycles. The zero-order valence-electron chi connectivity index (χ0n) is 28.2. The van der Waals surface area contributed by atoms with Crippen LogP contribution < -0.4 is 0 Å². The number of carbonyl (C=O) groups is 1. The standard InChI is InChI=1S/C37H52NO7P/c1-6-8-19-31(20-9-7-2)36(39)45-35(30-44-46(40,41)43-28-27-38(3,4)5)29-42-37(32-21-13-10-14-22-32,33-23-15-11-16-24-33)34-25-17-12-18-26-34/h10-18,21-26,31,35H,6-9,19-20,27-30H2,1-5H3/p+1/t35-/m1/s1. The Morgan fingerprint density at radius 1 is 0.761 bits per heavy atom. The number of unbranched alkanes of at least 4 members (excludes halogenated alkanes) is 2. The van der Waals surface area contributed by atoms with E-state index in [1.807, 2.05) is 112 Å². The van der Waals surface area contributed by atoms with Gasteiger partial charge in [-0.1, -0.05) is 131 Å². The van der Waals surface area contributed by atoms with E-state index in [4.69, 9.17) is 18.5 Å². The van der Waals surface area contributed by atoms with E-state index in [9.17, 15) is 14.3 Å². The SMILES string of the molecule is CCCCC(CCCC)C(=O)O[C@H](COC(c1ccccc1)(c1ccccc1)c1ccccc1)COP(=O)(O)OCC[N+](C)(C)C. The van der Waals surface area contributed by atoms with Crippen molar-refractivity contribution < 1.29 is 37.3 Å². The Bertz CT molecular complexity index is 1230. The van der Waals surface area contributed by atoms with Crippen LogP contribution >= 0.6 is 7.82 Å². The highest BCUT2D eigenvalue weighted by Crippen LogP contribution is 2.44. The van der Waals surface area contributed by atoms with Gasteiger partial charge >= 0.3 is 13.8 Å². The highest BCUT2D eigenvalue weighted by molar-refractivity contribution is 7.47. The lowest BCUT2D eigenvalue weighted by atomic mass is 9.80. The number of quaternary nitrogens is 1. The number of esters is 1. The maximum atomic E-state index is 13.6. The van der Waals surface area contributed by atoms with Gasteiger partial charge in [0.15, 0.2) is 0 Å². The van der Waals surface area contributed by atoms with Crippen molar-refractivity contribution in [1.29, 1.82) is 0 Å². The molecule has 0 spiro atoms. The minimum absolute atomic E-state index is 0.0352. The Balaban J connectivity index is 1.96. The summed E-state index contributed by atoms with van der Waals surface area (Å²) in [5, 5.41) is 0. The first-order valence-corrected chi connectivity index (χ1v) is 17.9. The van der Waals surface area contributed by atoms with E-state index in [0.717, 1.165) is 55.2 Å². The summed E-state index contributed by atoms with van der Waals surface area (Å²) in [4.78, 5) is 24.1. The van der Waals surface area contributed by atoms with E-state index >= 15 is 0 Å². The van der Waals surface area contributed by atoms with Crippen molar-refractivity contribution in [2.75, 3.05) is 47.5 Å². The molecule has 8 nitrogen and oxygen atoms in total. The van der Waals surface area contributed by atoms with Gasteiger partial charge in [0.25, 0.3) is 0 Å². The van der Waals surface area contributed by atoms with Crippen LogP contribution in [0, 0.1) is 5.92 Å². The molecular formula is C37H53NO7P+. The van der Waals surface area contributed by atoms with Crippen LogP contribution in [0.4, 0.5) is 0 Å². The minimum atomic E-state index is -4.43. The number of phosphoric acid groups is 1. The maximum absolute atomic E-state index is 13.6. The first kappa shape index (κ1) is 37.6. The zero-order valence-corrected chi connectivity index (χ0v) is 29.1. The van der Waals surface area contributed by atoms with Crippen molar-refractivity contribution in [3.05, 3.63) is 108 Å². The molecule has 0 saturated carbocycles. The smallest absolute Gasteiger partial charge is 0.457 e. The number of hydrogen-bond donors (Lipinski definition) is 1. The third-order valence-corrected chi connectivity index (χ3v) is 8.88. The van der Waals surface area contributed by atoms with Gasteiger partial charge in [0.2, 0.25) is 0 Å². The number of nitrogens with zero attached hydrogens (tertiary/aromatic N) is 1. The predicted octanol–water partition coefficient (Wildman–Crippen LogP) is 7.74. The Labute approximate surface area is 275 Å². The molecule has 0 heterocycles. The van der Waals surface area contributed by atoms with Crippen LogP contribution in [0.15, 0.2) is 91.0 Å². The summed E-state index contributed by atoms with van der Waals surface area (Å²) in [6.07, 6.45) is 4.22. The molecule has 0 bridgehead atoms. The molecule has 3 aromatic rings. The fourth-order valence-corrected chi connectivity index (χ4v) is 6.03. The third kappa shape index (κ3) is 11.8. The second-order valence-corrected chi connectivity index (χ2v) is 14.2. The minimum Gasteiger partial charge on any atom is -0.457 e. The highest BCUT2D eigenvalue weighted by Gasteiger charge is 2.39. The molecule has 3 aromatic carbocycles. The van der Waals surface area contributed by atoms with Crippen molar-refractivity contribution in [2.24, 2.45) is 5.92 Å². The van der Waals surface area contributed by atoms with E-state index in [1.54, 1.807) is 0 Å². The number of carbonyl (C=O) groups excluding carboxylic acids is 1. The molecule has 2 atom stereocenters. The topological polar surface area (TPSA) is 91.3 Å². The van der Waals surface area contributed by atoms with Gasteiger partial charge in [0, 0.05) is 0 Å². The number of likely N-dealkylation sites (N-methyl/N-ethyl adjacent to an activating group) is 1. The molecule has 9 heteroatoms. The van der Waals surface area contributed by atoms with Crippen LogP contribution in [-0.4, -0.2) is 69.0 Å². The van der Waals surface area contributed by atoms with Gasteiger partial charge in [-0.2, -0.15) is 0 Å². The molecule has 0 fully saturated rings. The lowest BCUT2D eigenvalue weighted by Gasteiger charge is -2.37. The molecule has 3 rings (SSSR count). The third-order valence-electron chi connectivity index (χ3n) is 7.90. The molecule has 0 aliphatic rings. The van der Waals surface area contributed by atoms with Gasteiger partial charge in [-0.25, -0.2) is 4.57 Å². The monoisotopic (exact) mass is 654 g/mol. The highest BCUT2D eigenvalue weighted by atomic mass is 31.2. The summed E-state index contributed by atoms with van der Waals surface area (Å²) < 4.78 is 37.2. The molecular weight excluding hydrogens is 601 g/mol. The van der Waals surface area contributed by atoms with Crippen molar-refractivity contribution in [3.8, 4) is 0 Å². The number of rotatable bonds is 21. The number of phosphoric ester groups is 1. The van der Waals surface area contributed by atoms with E-state index in [0.29, 0.717) is 11.0 Å². The number of ether oxygens (including phenoxy) is 2. The molecule has 1 unspecified atom stereocenters. The van der Waals surface area contributed by atoms with Crippen LogP contribution in [0.5, 0.6) is 0 Å². The van der Waals surface area contributed by atoms with Crippen LogP contribution in [-0.2, 0) is 33.5 Å². The van der Waals surface area contributed by atoms with Gasteiger partial charge in [-0.05, 0) is 29.5 Å². The molecule has 0 aromatic heterocycles. The van der Waals surface area contributed by atoms with Gasteiger partial charge < -0.3 is 18.9 Å². The molecule has 0 saturated heterocycles. The second kappa shape index (κ2) is 18.5. The average molecular weight is 655 g/mol. The lowest BCUT2D eigenvalue weighted by molar-refractivity contribution is -0.870. The Hall–Kier alpha value is -2.84. The number of hydrogen-bond acceptors (Lipinski definition) is 6. The van der Waals surface area contributed by atoms with E-state index < -0.39 is 19.5 Å². The van der Waals surface area contributed by atoms with E-state index in [2.05, 4.69) is 13.8 Å². The van der Waals surface area contributed by atoms with E-state index in [-0.39, 0.29) is 31.7 Å². The summed E-state index contributed by atoms with van der Waals surface area (Å²) in [6.45, 7) is 4.28. The van der Waals surface area contributed by atoms with Gasteiger partial charge in [-0.15, -0.1) is 0 Å². The quantitative estimate of drug-likeness (QED) is 0.0544. The van der Waals surface area contributed by atoms with E-state index in [1.165, 1.54) is 0 Å². The summed E-state index contributed by atoms with van der Waals surface area (Å²) >= 11 is 0. The molecule has 0 amide bonds. The summed E-state index contributed by atoms with van der Waals surface area (Å²) in [7, 11) is 1.46. The maximum Gasteiger partial charge on any atom is 0.472 e. The van der Waals surface area contributed by atoms with Gasteiger partial charge in [0.05, 0.1) is 40.3 Å². The molecule has 252 valence electrons. The van der Waals surface area contributed by atoms with Crippen molar-refractivity contribution in [3.63, 3.8) is 0 Å². The molecule has 0 radical (unpaired) electrons. The summed E-state index contributed by atoms with van der Waals surface area (Å²) in [6, 6.07) is 29.7. The molecule has 1 N–H and O–H groups in total. The Kier molecular flexibility index (Phi) is 15.1. The normalized spacial score (nSPS) is 14.2. The Morgan fingerprint density at radius 2 is 1.22 bits per heavy atom. The molecule has 0 aliphatic heterocycles. The van der Waals surface area contributed by atoms with Crippen molar-refractivity contribution in [1.82, 2.24) is 0 Å². The van der Waals surface area contributed by atoms with Crippen LogP contribution in [0.2, 0.25) is 0 Å². The van der Waals surface area contributed by atoms with Crippen molar-refractivity contribution in [2.45, 2.75) is 64.1 Å². The zero-order chi connectivity index (χ0) is 33.5. The van der Waals surface area contributed by atoms with Crippen LogP contribution in [0.3, 0.4) is 0 Å². The number of benzene rings is 3. The first-order valence-electron chi connectivity index (χ1n) is 16.4. The summed E-state index contributed by atoms with van der Waals surface area (Å²) in [5.41, 5.74) is 1.60.